The summed E-state index contributed by atoms with van der Waals surface area (Å²) >= 11 is 4.89. The first-order chi connectivity index (χ1) is 5.58. The minimum absolute atomic E-state index is 0.00694. The summed E-state index contributed by atoms with van der Waals surface area (Å²) in [6.45, 7) is 0. The van der Waals surface area contributed by atoms with Crippen LogP contribution in [0.2, 0.25) is 0 Å². The van der Waals surface area contributed by atoms with E-state index in [0.717, 1.165) is 18.2 Å². The lowest BCUT2D eigenvalue weighted by Gasteiger charge is -2.00. The normalized spacial score (nSPS) is 9.42. The highest BCUT2D eigenvalue weighted by molar-refractivity contribution is 6.61. The fourth-order valence-corrected chi connectivity index (χ4v) is 0.809. The van der Waals surface area contributed by atoms with Gasteiger partial charge in [0, 0.05) is 29.8 Å². The number of aromatic hydroxyl groups is 2. The molecule has 0 heterocycles. The predicted molar refractivity (Wildman–Crippen MR) is 41.6 cm³/mol. The van der Waals surface area contributed by atoms with Crippen molar-refractivity contribution < 1.29 is 19.7 Å². The molecule has 64 valence electrons. The Morgan fingerprint density at radius 2 is 1.75 bits per heavy atom. The zero-order valence-corrected chi connectivity index (χ0v) is 6.58. The highest BCUT2D eigenvalue weighted by Crippen LogP contribution is 2.25. The standard InChI is InChI=1S/C7H5ClO4/c8-7(11)12-6-2-4(9)1-5(10)3-6/h1-3,9-10H. The van der Waals surface area contributed by atoms with E-state index in [1.54, 1.807) is 0 Å². The molecule has 0 aliphatic heterocycles. The largest absolute Gasteiger partial charge is 0.508 e. The van der Waals surface area contributed by atoms with Crippen molar-refractivity contribution in [3.8, 4) is 17.2 Å². The summed E-state index contributed by atoms with van der Waals surface area (Å²) in [6.07, 6.45) is 0. The Balaban J connectivity index is 2.93. The van der Waals surface area contributed by atoms with Gasteiger partial charge >= 0.3 is 5.43 Å². The zero-order valence-electron chi connectivity index (χ0n) is 5.82. The maximum absolute atomic E-state index is 10.2. The molecule has 0 fully saturated rings. The lowest BCUT2D eigenvalue weighted by Crippen LogP contribution is -1.95. The van der Waals surface area contributed by atoms with Gasteiger partial charge in [0.15, 0.2) is 0 Å². The van der Waals surface area contributed by atoms with Gasteiger partial charge in [0.05, 0.1) is 0 Å². The number of carbonyl (C=O) groups is 1. The average molecular weight is 189 g/mol. The van der Waals surface area contributed by atoms with Gasteiger partial charge in [-0.2, -0.15) is 0 Å². The number of hydrogen-bond donors (Lipinski definition) is 2. The number of ether oxygens (including phenoxy) is 1. The minimum atomic E-state index is -1.03. The van der Waals surface area contributed by atoms with Gasteiger partial charge in [0.25, 0.3) is 0 Å². The third-order valence-corrected chi connectivity index (χ3v) is 1.15. The number of halogens is 1. The summed E-state index contributed by atoms with van der Waals surface area (Å²) in [5.74, 6) is -0.418. The Kier molecular flexibility index (Phi) is 2.40. The summed E-state index contributed by atoms with van der Waals surface area (Å²) in [5.41, 5.74) is -1.03. The molecule has 1 aromatic rings. The molecule has 0 aromatic heterocycles. The molecular formula is C7H5ClO4. The van der Waals surface area contributed by atoms with Gasteiger partial charge in [-0.25, -0.2) is 4.79 Å². The molecular weight excluding hydrogens is 184 g/mol. The van der Waals surface area contributed by atoms with Gasteiger partial charge in [0.2, 0.25) is 0 Å². The van der Waals surface area contributed by atoms with Crippen LogP contribution in [0, 0.1) is 0 Å². The molecule has 0 radical (unpaired) electrons. The van der Waals surface area contributed by atoms with Gasteiger partial charge in [-0.15, -0.1) is 0 Å². The second kappa shape index (κ2) is 3.32. The third-order valence-electron chi connectivity index (χ3n) is 1.07. The summed E-state index contributed by atoms with van der Waals surface area (Å²) in [7, 11) is 0. The minimum Gasteiger partial charge on any atom is -0.508 e. The van der Waals surface area contributed by atoms with Crippen LogP contribution in [0.5, 0.6) is 17.2 Å². The molecule has 0 bridgehead atoms. The molecule has 0 saturated carbocycles. The summed E-state index contributed by atoms with van der Waals surface area (Å²) < 4.78 is 4.38. The lowest BCUT2D eigenvalue weighted by molar-refractivity contribution is 0.225. The van der Waals surface area contributed by atoms with E-state index in [4.69, 9.17) is 21.8 Å². The molecule has 1 rings (SSSR count). The first-order valence-corrected chi connectivity index (χ1v) is 3.36. The van der Waals surface area contributed by atoms with Gasteiger partial charge in [-0.3, -0.25) is 0 Å². The van der Waals surface area contributed by atoms with E-state index in [1.165, 1.54) is 0 Å². The maximum atomic E-state index is 10.2. The number of phenolic OH excluding ortho intramolecular Hbond substituents is 2. The third kappa shape index (κ3) is 2.32. The van der Waals surface area contributed by atoms with Crippen LogP contribution in [-0.2, 0) is 0 Å². The molecule has 0 aliphatic rings. The second-order valence-electron chi connectivity index (χ2n) is 2.02. The van der Waals surface area contributed by atoms with Crippen molar-refractivity contribution in [1.82, 2.24) is 0 Å². The van der Waals surface area contributed by atoms with Crippen molar-refractivity contribution in [1.29, 1.82) is 0 Å². The Morgan fingerprint density at radius 1 is 1.25 bits per heavy atom. The van der Waals surface area contributed by atoms with Gasteiger partial charge in [0.1, 0.15) is 17.2 Å². The SMILES string of the molecule is O=C(Cl)Oc1cc(O)cc(O)c1. The number of hydrogen-bond acceptors (Lipinski definition) is 4. The Hall–Kier alpha value is -1.42. The first kappa shape index (κ1) is 8.67. The number of benzene rings is 1. The van der Waals surface area contributed by atoms with Crippen LogP contribution in [0.3, 0.4) is 0 Å². The van der Waals surface area contributed by atoms with Crippen molar-refractivity contribution in [2.45, 2.75) is 0 Å². The van der Waals surface area contributed by atoms with E-state index in [1.807, 2.05) is 0 Å². The zero-order chi connectivity index (χ0) is 9.14. The Morgan fingerprint density at radius 3 is 2.17 bits per heavy atom. The van der Waals surface area contributed by atoms with Crippen LogP contribution in [0.25, 0.3) is 0 Å². The van der Waals surface area contributed by atoms with Gasteiger partial charge in [-0.05, 0) is 0 Å². The molecule has 2 N–H and O–H groups in total. The van der Waals surface area contributed by atoms with Gasteiger partial charge in [-0.1, -0.05) is 0 Å². The maximum Gasteiger partial charge on any atom is 0.409 e. The van der Waals surface area contributed by atoms with E-state index in [2.05, 4.69) is 4.74 Å². The Labute approximate surface area is 73.0 Å². The van der Waals surface area contributed by atoms with E-state index >= 15 is 0 Å². The second-order valence-corrected chi connectivity index (χ2v) is 2.33. The van der Waals surface area contributed by atoms with Gasteiger partial charge < -0.3 is 14.9 Å². The van der Waals surface area contributed by atoms with Crippen molar-refractivity contribution in [2.24, 2.45) is 0 Å². The van der Waals surface area contributed by atoms with Crippen molar-refractivity contribution in [3.05, 3.63) is 18.2 Å². The van der Waals surface area contributed by atoms with Crippen LogP contribution >= 0.6 is 11.6 Å². The highest BCUT2D eigenvalue weighted by atomic mass is 35.5. The van der Waals surface area contributed by atoms with E-state index < -0.39 is 5.43 Å². The molecule has 0 spiro atoms. The molecule has 4 nitrogen and oxygen atoms in total. The number of carbonyl (C=O) groups excluding carboxylic acids is 1. The smallest absolute Gasteiger partial charge is 0.409 e. The Bertz CT molecular complexity index is 290. The molecule has 12 heavy (non-hydrogen) atoms. The molecule has 0 aliphatic carbocycles. The molecule has 0 unspecified atom stereocenters. The monoisotopic (exact) mass is 188 g/mol. The molecule has 0 saturated heterocycles. The number of rotatable bonds is 1. The van der Waals surface area contributed by atoms with E-state index in [9.17, 15) is 4.79 Å². The molecule has 0 amide bonds. The number of phenols is 2. The van der Waals surface area contributed by atoms with Crippen LogP contribution in [0.15, 0.2) is 18.2 Å². The quantitative estimate of drug-likeness (QED) is 0.660. The summed E-state index contributed by atoms with van der Waals surface area (Å²) in [6, 6.07) is 3.41. The fraction of sp³-hybridized carbons (Fsp3) is 0. The highest BCUT2D eigenvalue weighted by Gasteiger charge is 2.03. The van der Waals surface area contributed by atoms with Crippen molar-refractivity contribution in [2.75, 3.05) is 0 Å². The predicted octanol–water partition coefficient (Wildman–Crippen LogP) is 1.84. The molecule has 0 atom stereocenters. The molecule has 1 aromatic carbocycles. The fourth-order valence-electron chi connectivity index (χ4n) is 0.720. The van der Waals surface area contributed by atoms with Crippen LogP contribution in [0.1, 0.15) is 0 Å². The topological polar surface area (TPSA) is 66.8 Å². The van der Waals surface area contributed by atoms with Crippen LogP contribution in [-0.4, -0.2) is 15.6 Å². The van der Waals surface area contributed by atoms with Crippen LogP contribution in [0.4, 0.5) is 4.79 Å². The summed E-state index contributed by atoms with van der Waals surface area (Å²) in [5, 5.41) is 17.8. The summed E-state index contributed by atoms with van der Waals surface area (Å²) in [4.78, 5) is 10.2. The van der Waals surface area contributed by atoms with E-state index in [-0.39, 0.29) is 17.2 Å². The van der Waals surface area contributed by atoms with Crippen molar-refractivity contribution >= 4 is 17.0 Å². The van der Waals surface area contributed by atoms with Crippen molar-refractivity contribution in [3.63, 3.8) is 0 Å². The average Bonchev–Trinajstić information content (AvgIpc) is 1.81. The molecule has 5 heteroatoms. The lowest BCUT2D eigenvalue weighted by atomic mass is 10.3. The first-order valence-electron chi connectivity index (χ1n) is 2.98. The van der Waals surface area contributed by atoms with Crippen LogP contribution < -0.4 is 4.74 Å². The van der Waals surface area contributed by atoms with E-state index in [0.29, 0.717) is 0 Å².